The molecule has 3 fully saturated rings. The molecule has 2 aliphatic carbocycles. The first kappa shape index (κ1) is 17.9. The summed E-state index contributed by atoms with van der Waals surface area (Å²) in [6.07, 6.45) is 6.63. The maximum absolute atomic E-state index is 12.6. The van der Waals surface area contributed by atoms with Gasteiger partial charge in [-0.05, 0) is 60.9 Å². The van der Waals surface area contributed by atoms with Crippen LogP contribution in [0.4, 0.5) is 0 Å². The monoisotopic (exact) mass is 396 g/mol. The smallest absolute Gasteiger partial charge is 0.251 e. The van der Waals surface area contributed by atoms with Gasteiger partial charge in [0, 0.05) is 11.6 Å². The third kappa shape index (κ3) is 3.34. The quantitative estimate of drug-likeness (QED) is 0.831. The molecule has 1 saturated heterocycles. The molecule has 1 aliphatic heterocycles. The van der Waals surface area contributed by atoms with E-state index in [9.17, 15) is 9.59 Å². The Morgan fingerprint density at radius 2 is 2.04 bits per heavy atom. The Kier molecular flexibility index (Phi) is 4.67. The lowest BCUT2D eigenvalue weighted by Crippen LogP contribution is -2.38. The van der Waals surface area contributed by atoms with E-state index in [1.165, 1.54) is 19.3 Å². The number of hydrogen-bond acceptors (Lipinski definition) is 4. The molecule has 2 aromatic rings. The van der Waals surface area contributed by atoms with E-state index >= 15 is 0 Å². The highest BCUT2D eigenvalue weighted by atomic mass is 32.2. The fourth-order valence-electron chi connectivity index (χ4n) is 4.94. The zero-order valence-corrected chi connectivity index (χ0v) is 16.5. The van der Waals surface area contributed by atoms with E-state index in [2.05, 4.69) is 5.32 Å². The third-order valence-corrected chi connectivity index (χ3v) is 7.64. The minimum Gasteiger partial charge on any atom is -0.467 e. The molecule has 5 rings (SSSR count). The molecule has 2 amide bonds. The van der Waals surface area contributed by atoms with Crippen molar-refractivity contribution >= 4 is 23.6 Å². The summed E-state index contributed by atoms with van der Waals surface area (Å²) in [7, 11) is 0. The minimum atomic E-state index is -0.0414. The van der Waals surface area contributed by atoms with Gasteiger partial charge in [0.15, 0.2) is 0 Å². The summed E-state index contributed by atoms with van der Waals surface area (Å²) in [5.41, 5.74) is 1.73. The Hall–Kier alpha value is -2.21. The fourth-order valence-corrected chi connectivity index (χ4v) is 6.13. The van der Waals surface area contributed by atoms with Crippen LogP contribution in [0, 0.1) is 11.8 Å². The summed E-state index contributed by atoms with van der Waals surface area (Å²) in [5, 5.41) is 3.20. The Morgan fingerprint density at radius 1 is 1.18 bits per heavy atom. The van der Waals surface area contributed by atoms with E-state index < -0.39 is 0 Å². The zero-order valence-electron chi connectivity index (χ0n) is 15.7. The van der Waals surface area contributed by atoms with Crippen molar-refractivity contribution in [2.24, 2.45) is 11.8 Å². The standard InChI is InChI=1S/C22H24N2O3S/c25-20-13-28-22(24(20)12-18-2-1-9-27-18)16-7-5-15(6-8-16)21(26)23-19-11-14-3-4-17(19)10-14/h1-2,5-9,14,17,19,22H,3-4,10-13H2,(H,23,26)/t14-,17-,19+,22+/m0/s1. The molecular formula is C22H24N2O3S. The van der Waals surface area contributed by atoms with E-state index in [4.69, 9.17) is 4.42 Å². The number of carbonyl (C=O) groups is 2. The lowest BCUT2D eigenvalue weighted by Gasteiger charge is -2.24. The van der Waals surface area contributed by atoms with E-state index in [1.54, 1.807) is 18.0 Å². The summed E-state index contributed by atoms with van der Waals surface area (Å²) < 4.78 is 5.41. The van der Waals surface area contributed by atoms with Gasteiger partial charge in [-0.25, -0.2) is 0 Å². The lowest BCUT2D eigenvalue weighted by molar-refractivity contribution is -0.128. The van der Waals surface area contributed by atoms with Crippen molar-refractivity contribution in [1.82, 2.24) is 10.2 Å². The maximum Gasteiger partial charge on any atom is 0.251 e. The van der Waals surface area contributed by atoms with Gasteiger partial charge in [-0.15, -0.1) is 11.8 Å². The van der Waals surface area contributed by atoms with Crippen LogP contribution >= 0.6 is 11.8 Å². The molecule has 0 spiro atoms. The molecule has 6 heteroatoms. The minimum absolute atomic E-state index is 0.0201. The number of carbonyl (C=O) groups excluding carboxylic acids is 2. The van der Waals surface area contributed by atoms with Crippen molar-refractivity contribution in [3.8, 4) is 0 Å². The highest BCUT2D eigenvalue weighted by Gasteiger charge is 2.40. The molecule has 1 aromatic carbocycles. The highest BCUT2D eigenvalue weighted by molar-refractivity contribution is 8.00. The first-order valence-corrected chi connectivity index (χ1v) is 11.1. The summed E-state index contributed by atoms with van der Waals surface area (Å²) in [6.45, 7) is 0.468. The van der Waals surface area contributed by atoms with Crippen LogP contribution in [0.15, 0.2) is 47.1 Å². The van der Waals surface area contributed by atoms with Gasteiger partial charge in [-0.2, -0.15) is 0 Å². The van der Waals surface area contributed by atoms with Crippen LogP contribution < -0.4 is 5.32 Å². The molecule has 2 saturated carbocycles. The molecule has 5 nitrogen and oxygen atoms in total. The Bertz CT molecular complexity index is 864. The third-order valence-electron chi connectivity index (χ3n) is 6.39. The molecule has 2 heterocycles. The predicted octanol–water partition coefficient (Wildman–Crippen LogP) is 3.97. The van der Waals surface area contributed by atoms with Gasteiger partial charge >= 0.3 is 0 Å². The van der Waals surface area contributed by atoms with Crippen molar-refractivity contribution in [1.29, 1.82) is 0 Å². The van der Waals surface area contributed by atoms with Crippen LogP contribution in [0.3, 0.4) is 0 Å². The molecule has 0 radical (unpaired) electrons. The van der Waals surface area contributed by atoms with Gasteiger partial charge in [0.25, 0.3) is 5.91 Å². The molecule has 146 valence electrons. The largest absolute Gasteiger partial charge is 0.467 e. The lowest BCUT2D eigenvalue weighted by atomic mass is 9.95. The van der Waals surface area contributed by atoms with Crippen molar-refractivity contribution in [3.63, 3.8) is 0 Å². The van der Waals surface area contributed by atoms with Gasteiger partial charge in [0.1, 0.15) is 11.1 Å². The molecule has 1 N–H and O–H groups in total. The van der Waals surface area contributed by atoms with Crippen molar-refractivity contribution in [3.05, 3.63) is 59.5 Å². The van der Waals surface area contributed by atoms with Crippen LogP contribution in [-0.4, -0.2) is 28.5 Å². The maximum atomic E-state index is 12.6. The number of benzene rings is 1. The van der Waals surface area contributed by atoms with Gasteiger partial charge in [-0.3, -0.25) is 9.59 Å². The molecule has 3 aliphatic rings. The number of hydrogen-bond donors (Lipinski definition) is 1. The number of amides is 2. The average Bonchev–Trinajstić information content (AvgIpc) is 3.49. The first-order chi connectivity index (χ1) is 13.7. The Balaban J connectivity index is 1.26. The molecule has 0 unspecified atom stereocenters. The fraction of sp³-hybridized carbons (Fsp3) is 0.455. The molecule has 28 heavy (non-hydrogen) atoms. The van der Waals surface area contributed by atoms with Crippen LogP contribution in [-0.2, 0) is 11.3 Å². The van der Waals surface area contributed by atoms with Gasteiger partial charge < -0.3 is 14.6 Å². The van der Waals surface area contributed by atoms with E-state index in [0.29, 0.717) is 29.8 Å². The molecule has 2 bridgehead atoms. The second-order valence-corrected chi connectivity index (χ2v) is 9.21. The summed E-state index contributed by atoms with van der Waals surface area (Å²) in [6, 6.07) is 11.8. The second-order valence-electron chi connectivity index (χ2n) is 8.14. The van der Waals surface area contributed by atoms with Crippen molar-refractivity contribution < 1.29 is 14.0 Å². The SMILES string of the molecule is O=C(N[C@@H]1C[C@H]2CC[C@H]1C2)c1ccc([C@H]2SCC(=O)N2Cc2ccco2)cc1. The number of furan rings is 1. The van der Waals surface area contributed by atoms with E-state index in [1.807, 2.05) is 41.3 Å². The van der Waals surface area contributed by atoms with Crippen LogP contribution in [0.2, 0.25) is 0 Å². The van der Waals surface area contributed by atoms with E-state index in [-0.39, 0.29) is 17.2 Å². The average molecular weight is 397 g/mol. The highest BCUT2D eigenvalue weighted by Crippen LogP contribution is 2.44. The number of rotatable bonds is 5. The first-order valence-electron chi connectivity index (χ1n) is 10.0. The molecular weight excluding hydrogens is 372 g/mol. The number of fused-ring (bicyclic) bond motifs is 2. The predicted molar refractivity (Wildman–Crippen MR) is 108 cm³/mol. The van der Waals surface area contributed by atoms with Gasteiger partial charge in [-0.1, -0.05) is 18.6 Å². The molecule has 4 atom stereocenters. The van der Waals surface area contributed by atoms with Crippen LogP contribution in [0.1, 0.15) is 52.7 Å². The van der Waals surface area contributed by atoms with Crippen LogP contribution in [0.25, 0.3) is 0 Å². The topological polar surface area (TPSA) is 62.6 Å². The Morgan fingerprint density at radius 3 is 2.71 bits per heavy atom. The normalized spacial score (nSPS) is 28.9. The number of nitrogens with zero attached hydrogens (tertiary/aromatic N) is 1. The Labute approximate surface area is 168 Å². The summed E-state index contributed by atoms with van der Waals surface area (Å²) >= 11 is 1.62. The van der Waals surface area contributed by atoms with Crippen LogP contribution in [0.5, 0.6) is 0 Å². The van der Waals surface area contributed by atoms with Gasteiger partial charge in [0.2, 0.25) is 5.91 Å². The van der Waals surface area contributed by atoms with E-state index in [0.717, 1.165) is 23.7 Å². The summed E-state index contributed by atoms with van der Waals surface area (Å²) in [4.78, 5) is 26.8. The summed E-state index contributed by atoms with van der Waals surface area (Å²) in [5.74, 6) is 2.87. The zero-order chi connectivity index (χ0) is 19.1. The van der Waals surface area contributed by atoms with Gasteiger partial charge in [0.05, 0.1) is 18.6 Å². The molecule has 1 aromatic heterocycles. The van der Waals surface area contributed by atoms with Crippen molar-refractivity contribution in [2.75, 3.05) is 5.75 Å². The second kappa shape index (κ2) is 7.32. The number of thioether (sulfide) groups is 1. The number of nitrogens with one attached hydrogen (secondary N) is 1. The van der Waals surface area contributed by atoms with Crippen molar-refractivity contribution in [2.45, 2.75) is 43.6 Å².